The van der Waals surface area contributed by atoms with Crippen LogP contribution in [0.1, 0.15) is 36.7 Å². The molecule has 1 amide bonds. The molecule has 0 bridgehead atoms. The van der Waals surface area contributed by atoms with Crippen LogP contribution in [0.25, 0.3) is 11.1 Å². The first-order chi connectivity index (χ1) is 15.3. The average Bonchev–Trinajstić information content (AvgIpc) is 3.20. The Hall–Kier alpha value is -3.60. The molecule has 0 radical (unpaired) electrons. The maximum absolute atomic E-state index is 12.6. The molecule has 0 saturated heterocycles. The van der Waals surface area contributed by atoms with Crippen LogP contribution in [-0.2, 0) is 11.2 Å². The zero-order valence-corrected chi connectivity index (χ0v) is 18.6. The zero-order chi connectivity index (χ0) is 22.7. The Morgan fingerprint density at radius 1 is 0.906 bits per heavy atom. The van der Waals surface area contributed by atoms with Crippen molar-refractivity contribution in [3.63, 3.8) is 0 Å². The summed E-state index contributed by atoms with van der Waals surface area (Å²) in [5.74, 6) is 0.447. The third kappa shape index (κ3) is 4.99. The number of hydrogen-bond donors (Lipinski definition) is 0. The van der Waals surface area contributed by atoms with Crippen LogP contribution >= 0.6 is 0 Å². The van der Waals surface area contributed by atoms with Crippen molar-refractivity contribution in [1.29, 1.82) is 0 Å². The van der Waals surface area contributed by atoms with E-state index in [0.29, 0.717) is 17.9 Å². The highest BCUT2D eigenvalue weighted by Crippen LogP contribution is 2.33. The van der Waals surface area contributed by atoms with Gasteiger partial charge in [0.2, 0.25) is 0 Å². The van der Waals surface area contributed by atoms with Gasteiger partial charge >= 0.3 is 6.09 Å². The fourth-order valence-electron chi connectivity index (χ4n) is 3.67. The van der Waals surface area contributed by atoms with Crippen molar-refractivity contribution < 1.29 is 19.1 Å². The zero-order valence-electron chi connectivity index (χ0n) is 18.6. The van der Waals surface area contributed by atoms with Gasteiger partial charge in [-0.1, -0.05) is 60.7 Å². The summed E-state index contributed by atoms with van der Waals surface area (Å²) in [6.07, 6.45) is 0.393. The van der Waals surface area contributed by atoms with Crippen molar-refractivity contribution in [3.8, 4) is 16.9 Å². The molecule has 0 atom stereocenters. The van der Waals surface area contributed by atoms with Crippen LogP contribution in [0.15, 0.2) is 72.8 Å². The summed E-state index contributed by atoms with van der Waals surface area (Å²) in [6.45, 7) is 6.04. The maximum Gasteiger partial charge on any atom is 0.414 e. The maximum atomic E-state index is 12.6. The van der Waals surface area contributed by atoms with Gasteiger partial charge in [0.15, 0.2) is 12.4 Å². The molecule has 1 aliphatic heterocycles. The van der Waals surface area contributed by atoms with Gasteiger partial charge in [0.05, 0.1) is 5.69 Å². The summed E-state index contributed by atoms with van der Waals surface area (Å²) >= 11 is 0. The lowest BCUT2D eigenvalue weighted by molar-refractivity contribution is 0.0583. The van der Waals surface area contributed by atoms with Gasteiger partial charge in [-0.25, -0.2) is 4.79 Å². The van der Waals surface area contributed by atoms with E-state index >= 15 is 0 Å². The summed E-state index contributed by atoms with van der Waals surface area (Å²) in [7, 11) is 0. The second-order valence-electron chi connectivity index (χ2n) is 8.83. The first-order valence-corrected chi connectivity index (χ1v) is 10.7. The highest BCUT2D eigenvalue weighted by Gasteiger charge is 2.29. The minimum atomic E-state index is -0.559. The molecule has 32 heavy (non-hydrogen) atoms. The Morgan fingerprint density at radius 2 is 1.59 bits per heavy atom. The number of hydrogen-bond acceptors (Lipinski definition) is 4. The number of benzene rings is 3. The molecule has 0 aliphatic carbocycles. The number of anilines is 1. The lowest BCUT2D eigenvalue weighted by Crippen LogP contribution is -2.35. The van der Waals surface area contributed by atoms with Crippen molar-refractivity contribution >= 4 is 17.6 Å². The predicted octanol–water partition coefficient (Wildman–Crippen LogP) is 5.91. The van der Waals surface area contributed by atoms with Crippen LogP contribution in [0.4, 0.5) is 10.5 Å². The fourth-order valence-corrected chi connectivity index (χ4v) is 3.67. The van der Waals surface area contributed by atoms with Gasteiger partial charge in [-0.3, -0.25) is 9.69 Å². The van der Waals surface area contributed by atoms with Gasteiger partial charge in [0, 0.05) is 18.2 Å². The highest BCUT2D eigenvalue weighted by molar-refractivity contribution is 5.97. The lowest BCUT2D eigenvalue weighted by Gasteiger charge is -2.25. The molecule has 164 valence electrons. The van der Waals surface area contributed by atoms with Crippen molar-refractivity contribution in [2.24, 2.45) is 0 Å². The van der Waals surface area contributed by atoms with Crippen LogP contribution in [-0.4, -0.2) is 30.6 Å². The van der Waals surface area contributed by atoms with Gasteiger partial charge in [0.25, 0.3) is 0 Å². The van der Waals surface area contributed by atoms with Crippen molar-refractivity contribution in [3.05, 3.63) is 83.9 Å². The van der Waals surface area contributed by atoms with E-state index in [4.69, 9.17) is 9.47 Å². The van der Waals surface area contributed by atoms with Crippen LogP contribution in [0.2, 0.25) is 0 Å². The molecule has 4 rings (SSSR count). The van der Waals surface area contributed by atoms with E-state index < -0.39 is 5.60 Å². The number of fused-ring (bicyclic) bond motifs is 1. The number of Topliss-reactive ketones (excluding diaryl/α,β-unsaturated/α-hetero) is 1. The van der Waals surface area contributed by atoms with Gasteiger partial charge in [-0.05, 0) is 49.9 Å². The SMILES string of the molecule is CC(C)(C)OC(=O)N1CCc2ccc(OCC(=O)c3ccc(-c4ccccc4)cc3)cc21. The van der Waals surface area contributed by atoms with Crippen molar-refractivity contribution in [2.75, 3.05) is 18.1 Å². The van der Waals surface area contributed by atoms with E-state index in [9.17, 15) is 9.59 Å². The van der Waals surface area contributed by atoms with Crippen molar-refractivity contribution in [2.45, 2.75) is 32.8 Å². The molecular formula is C27H27NO4. The Kier molecular flexibility index (Phi) is 5.99. The molecule has 1 aliphatic rings. The summed E-state index contributed by atoms with van der Waals surface area (Å²) < 4.78 is 11.3. The minimum Gasteiger partial charge on any atom is -0.485 e. The molecule has 0 unspecified atom stereocenters. The highest BCUT2D eigenvalue weighted by atomic mass is 16.6. The third-order valence-electron chi connectivity index (χ3n) is 5.25. The topological polar surface area (TPSA) is 55.8 Å². The first-order valence-electron chi connectivity index (χ1n) is 10.7. The number of ether oxygens (including phenoxy) is 2. The first kappa shape index (κ1) is 21.6. The number of ketones is 1. The van der Waals surface area contributed by atoms with E-state index in [2.05, 4.69) is 0 Å². The van der Waals surface area contributed by atoms with E-state index in [0.717, 1.165) is 28.8 Å². The molecule has 1 heterocycles. The largest absolute Gasteiger partial charge is 0.485 e. The minimum absolute atomic E-state index is 0.0735. The van der Waals surface area contributed by atoms with E-state index in [-0.39, 0.29) is 18.5 Å². The number of rotatable bonds is 5. The summed E-state index contributed by atoms with van der Waals surface area (Å²) in [6, 6.07) is 23.1. The van der Waals surface area contributed by atoms with E-state index in [1.165, 1.54) is 0 Å². The lowest BCUT2D eigenvalue weighted by atomic mass is 10.0. The van der Waals surface area contributed by atoms with Crippen LogP contribution < -0.4 is 9.64 Å². The summed E-state index contributed by atoms with van der Waals surface area (Å²) in [4.78, 5) is 26.8. The second-order valence-corrected chi connectivity index (χ2v) is 8.83. The van der Waals surface area contributed by atoms with Gasteiger partial charge in [-0.15, -0.1) is 0 Å². The van der Waals surface area contributed by atoms with Crippen LogP contribution in [0.3, 0.4) is 0 Å². The number of nitrogens with zero attached hydrogens (tertiary/aromatic N) is 1. The molecule has 0 aromatic heterocycles. The molecule has 0 fully saturated rings. The normalized spacial score (nSPS) is 12.9. The molecule has 3 aromatic carbocycles. The molecule has 0 spiro atoms. The quantitative estimate of drug-likeness (QED) is 0.473. The molecule has 5 heteroatoms. The van der Waals surface area contributed by atoms with Crippen molar-refractivity contribution in [1.82, 2.24) is 0 Å². The average molecular weight is 430 g/mol. The smallest absolute Gasteiger partial charge is 0.414 e. The molecule has 0 N–H and O–H groups in total. The Morgan fingerprint density at radius 3 is 2.28 bits per heavy atom. The molecular weight excluding hydrogens is 402 g/mol. The Labute approximate surface area is 188 Å². The summed E-state index contributed by atoms with van der Waals surface area (Å²) in [5, 5.41) is 0. The monoisotopic (exact) mass is 429 g/mol. The van der Waals surface area contributed by atoms with Crippen LogP contribution in [0.5, 0.6) is 5.75 Å². The number of carbonyl (C=O) groups excluding carboxylic acids is 2. The Bertz CT molecular complexity index is 1110. The van der Waals surface area contributed by atoms with Gasteiger partial charge in [-0.2, -0.15) is 0 Å². The van der Waals surface area contributed by atoms with Gasteiger partial charge < -0.3 is 9.47 Å². The molecule has 5 nitrogen and oxygen atoms in total. The molecule has 0 saturated carbocycles. The Balaban J connectivity index is 1.41. The summed E-state index contributed by atoms with van der Waals surface area (Å²) in [5.41, 5.74) is 4.04. The predicted molar refractivity (Wildman–Crippen MR) is 125 cm³/mol. The number of amides is 1. The number of carbonyl (C=O) groups is 2. The van der Waals surface area contributed by atoms with Crippen LogP contribution in [0, 0.1) is 0 Å². The van der Waals surface area contributed by atoms with Gasteiger partial charge in [0.1, 0.15) is 11.4 Å². The second kappa shape index (κ2) is 8.87. The standard InChI is InChI=1S/C27H27NO4/c1-27(2,3)32-26(30)28-16-15-21-13-14-23(17-24(21)28)31-18-25(29)22-11-9-20(10-12-22)19-7-5-4-6-8-19/h4-14,17H,15-16,18H2,1-3H3. The fraction of sp³-hybridized carbons (Fsp3) is 0.259. The molecule has 3 aromatic rings. The van der Waals surface area contributed by atoms with E-state index in [1.54, 1.807) is 11.0 Å². The van der Waals surface area contributed by atoms with E-state index in [1.807, 2.05) is 87.5 Å². The third-order valence-corrected chi connectivity index (χ3v) is 5.25.